The van der Waals surface area contributed by atoms with Gasteiger partial charge in [-0.3, -0.25) is 9.69 Å². The van der Waals surface area contributed by atoms with Gasteiger partial charge in [-0.1, -0.05) is 17.7 Å². The lowest BCUT2D eigenvalue weighted by Gasteiger charge is -2.36. The topological polar surface area (TPSA) is 44.8 Å². The third-order valence-corrected chi connectivity index (χ3v) is 5.04. The number of anilines is 1. The zero-order valence-electron chi connectivity index (χ0n) is 14.3. The van der Waals surface area contributed by atoms with Crippen molar-refractivity contribution in [3.8, 4) is 0 Å². The minimum absolute atomic E-state index is 0.0953. The highest BCUT2D eigenvalue weighted by Gasteiger charge is 2.21. The molecule has 2 heterocycles. The average molecular weight is 352 g/mol. The number of benzene rings is 1. The van der Waals surface area contributed by atoms with E-state index in [-0.39, 0.29) is 12.0 Å². The number of nitrogens with one attached hydrogen (secondary N) is 1. The predicted octanol–water partition coefficient (Wildman–Crippen LogP) is 2.07. The molecule has 24 heavy (non-hydrogen) atoms. The van der Waals surface area contributed by atoms with Crippen LogP contribution in [0.3, 0.4) is 0 Å². The summed E-state index contributed by atoms with van der Waals surface area (Å²) >= 11 is 6.12. The summed E-state index contributed by atoms with van der Waals surface area (Å²) in [6.07, 6.45) is 2.36. The summed E-state index contributed by atoms with van der Waals surface area (Å²) in [6.45, 7) is 7.65. The highest BCUT2D eigenvalue weighted by Crippen LogP contribution is 2.25. The lowest BCUT2D eigenvalue weighted by atomic mass is 10.1. The lowest BCUT2D eigenvalue weighted by Crippen LogP contribution is -2.50. The standard InChI is InChI=1S/C18H26ClN3O2/c1-14-4-5-15(19)11-17(14)22-8-6-21(7-9-22)13-18(23)20-12-16-3-2-10-24-16/h4-5,11,16H,2-3,6-10,12-13H2,1H3,(H,20,23)/t16-/m0/s1. The molecule has 0 aromatic heterocycles. The minimum Gasteiger partial charge on any atom is -0.376 e. The summed E-state index contributed by atoms with van der Waals surface area (Å²) in [6, 6.07) is 6.01. The Kier molecular flexibility index (Phi) is 5.98. The number of carbonyl (C=O) groups is 1. The third-order valence-electron chi connectivity index (χ3n) is 4.80. The Morgan fingerprint density at radius 3 is 2.83 bits per heavy atom. The van der Waals surface area contributed by atoms with Crippen LogP contribution in [-0.2, 0) is 9.53 Å². The quantitative estimate of drug-likeness (QED) is 0.882. The first kappa shape index (κ1) is 17.5. The molecular weight excluding hydrogens is 326 g/mol. The number of halogens is 1. The number of aryl methyl sites for hydroxylation is 1. The van der Waals surface area contributed by atoms with E-state index in [1.54, 1.807) is 0 Å². The Labute approximate surface area is 148 Å². The van der Waals surface area contributed by atoms with Gasteiger partial charge in [0.05, 0.1) is 12.6 Å². The minimum atomic E-state index is 0.0953. The lowest BCUT2D eigenvalue weighted by molar-refractivity contribution is -0.122. The first-order valence-electron chi connectivity index (χ1n) is 8.73. The summed E-state index contributed by atoms with van der Waals surface area (Å²) in [7, 11) is 0. The number of piperazine rings is 1. The van der Waals surface area contributed by atoms with Gasteiger partial charge < -0.3 is 15.0 Å². The molecule has 1 amide bonds. The molecule has 2 aliphatic rings. The van der Waals surface area contributed by atoms with Crippen LogP contribution in [0.2, 0.25) is 5.02 Å². The van der Waals surface area contributed by atoms with Crippen LogP contribution in [0.5, 0.6) is 0 Å². The maximum atomic E-state index is 12.1. The summed E-state index contributed by atoms with van der Waals surface area (Å²) in [5.41, 5.74) is 2.44. The zero-order valence-corrected chi connectivity index (χ0v) is 15.0. The third kappa shape index (κ3) is 4.62. The van der Waals surface area contributed by atoms with Crippen molar-refractivity contribution >= 4 is 23.2 Å². The van der Waals surface area contributed by atoms with E-state index in [2.05, 4.69) is 28.1 Å². The van der Waals surface area contributed by atoms with Crippen LogP contribution in [0.1, 0.15) is 18.4 Å². The van der Waals surface area contributed by atoms with Gasteiger partial charge in [0.25, 0.3) is 0 Å². The number of carbonyl (C=O) groups excluding carboxylic acids is 1. The molecule has 6 heteroatoms. The maximum Gasteiger partial charge on any atom is 0.234 e. The normalized spacial score (nSPS) is 21.9. The first-order chi connectivity index (χ1) is 11.6. The molecule has 0 unspecified atom stereocenters. The van der Waals surface area contributed by atoms with Crippen molar-refractivity contribution in [3.05, 3.63) is 28.8 Å². The van der Waals surface area contributed by atoms with Crippen LogP contribution in [0.4, 0.5) is 5.69 Å². The van der Waals surface area contributed by atoms with Crippen molar-refractivity contribution in [1.82, 2.24) is 10.2 Å². The number of ether oxygens (including phenoxy) is 1. The maximum absolute atomic E-state index is 12.1. The summed E-state index contributed by atoms with van der Waals surface area (Å²) in [4.78, 5) is 16.6. The fourth-order valence-electron chi connectivity index (χ4n) is 3.36. The average Bonchev–Trinajstić information content (AvgIpc) is 3.10. The van der Waals surface area contributed by atoms with Gasteiger partial charge in [0.2, 0.25) is 5.91 Å². The molecule has 1 aromatic rings. The van der Waals surface area contributed by atoms with Crippen LogP contribution in [0, 0.1) is 6.92 Å². The molecule has 1 N–H and O–H groups in total. The SMILES string of the molecule is Cc1ccc(Cl)cc1N1CCN(CC(=O)NC[C@@H]2CCCO2)CC1. The molecule has 3 rings (SSSR count). The summed E-state index contributed by atoms with van der Waals surface area (Å²) in [5.74, 6) is 0.0953. The van der Waals surface area contributed by atoms with E-state index in [9.17, 15) is 4.79 Å². The van der Waals surface area contributed by atoms with Crippen LogP contribution in [0.25, 0.3) is 0 Å². The van der Waals surface area contributed by atoms with Gasteiger partial charge in [-0.15, -0.1) is 0 Å². The number of hydrogen-bond acceptors (Lipinski definition) is 4. The number of nitrogens with zero attached hydrogens (tertiary/aromatic N) is 2. The molecule has 0 spiro atoms. The number of amides is 1. The Bertz CT molecular complexity index is 567. The van der Waals surface area contributed by atoms with Crippen molar-refractivity contribution < 1.29 is 9.53 Å². The van der Waals surface area contributed by atoms with Gasteiger partial charge in [-0.25, -0.2) is 0 Å². The Morgan fingerprint density at radius 2 is 2.12 bits per heavy atom. The molecule has 2 aliphatic heterocycles. The van der Waals surface area contributed by atoms with Gasteiger partial charge in [-0.05, 0) is 37.5 Å². The molecule has 0 radical (unpaired) electrons. The predicted molar refractivity (Wildman–Crippen MR) is 96.8 cm³/mol. The Balaban J connectivity index is 1.43. The molecule has 5 nitrogen and oxygen atoms in total. The molecule has 132 valence electrons. The van der Waals surface area contributed by atoms with Crippen LogP contribution >= 0.6 is 11.6 Å². The van der Waals surface area contributed by atoms with E-state index in [0.717, 1.165) is 50.7 Å². The second-order valence-electron chi connectivity index (χ2n) is 6.63. The Morgan fingerprint density at radius 1 is 1.33 bits per heavy atom. The van der Waals surface area contributed by atoms with Gasteiger partial charge in [0, 0.05) is 50.0 Å². The van der Waals surface area contributed by atoms with E-state index >= 15 is 0 Å². The highest BCUT2D eigenvalue weighted by atomic mass is 35.5. The molecule has 0 saturated carbocycles. The first-order valence-corrected chi connectivity index (χ1v) is 9.11. The van der Waals surface area contributed by atoms with E-state index in [0.29, 0.717) is 13.1 Å². The zero-order chi connectivity index (χ0) is 16.9. The fraction of sp³-hybridized carbons (Fsp3) is 0.611. The van der Waals surface area contributed by atoms with Gasteiger partial charge >= 0.3 is 0 Å². The van der Waals surface area contributed by atoms with E-state index in [1.165, 1.54) is 11.3 Å². The fourth-order valence-corrected chi connectivity index (χ4v) is 3.53. The largest absolute Gasteiger partial charge is 0.376 e. The number of hydrogen-bond donors (Lipinski definition) is 1. The van der Waals surface area contributed by atoms with Crippen molar-refractivity contribution in [2.75, 3.05) is 50.8 Å². The molecular formula is C18H26ClN3O2. The van der Waals surface area contributed by atoms with Gasteiger partial charge in [-0.2, -0.15) is 0 Å². The smallest absolute Gasteiger partial charge is 0.234 e. The monoisotopic (exact) mass is 351 g/mol. The molecule has 2 saturated heterocycles. The van der Waals surface area contributed by atoms with Crippen molar-refractivity contribution in [1.29, 1.82) is 0 Å². The second kappa shape index (κ2) is 8.19. The number of rotatable bonds is 5. The molecule has 0 bridgehead atoms. The Hall–Kier alpha value is -1.30. The van der Waals surface area contributed by atoms with Crippen LogP contribution < -0.4 is 10.2 Å². The van der Waals surface area contributed by atoms with Crippen LogP contribution in [-0.4, -0.2) is 62.8 Å². The van der Waals surface area contributed by atoms with Crippen molar-refractivity contribution in [2.24, 2.45) is 0 Å². The highest BCUT2D eigenvalue weighted by molar-refractivity contribution is 6.30. The van der Waals surface area contributed by atoms with E-state index in [1.807, 2.05) is 12.1 Å². The van der Waals surface area contributed by atoms with Gasteiger partial charge in [0.15, 0.2) is 0 Å². The molecule has 1 atom stereocenters. The molecule has 0 aliphatic carbocycles. The van der Waals surface area contributed by atoms with Crippen molar-refractivity contribution in [2.45, 2.75) is 25.9 Å². The van der Waals surface area contributed by atoms with Gasteiger partial charge in [0.1, 0.15) is 0 Å². The van der Waals surface area contributed by atoms with Crippen molar-refractivity contribution in [3.63, 3.8) is 0 Å². The van der Waals surface area contributed by atoms with E-state index in [4.69, 9.17) is 16.3 Å². The molecule has 1 aromatic carbocycles. The van der Waals surface area contributed by atoms with Crippen LogP contribution in [0.15, 0.2) is 18.2 Å². The summed E-state index contributed by atoms with van der Waals surface area (Å²) < 4.78 is 5.53. The summed E-state index contributed by atoms with van der Waals surface area (Å²) in [5, 5.41) is 3.76. The van der Waals surface area contributed by atoms with E-state index < -0.39 is 0 Å². The molecule has 2 fully saturated rings. The second-order valence-corrected chi connectivity index (χ2v) is 7.07.